The largest absolute Gasteiger partial charge is 0.461 e. The molecule has 0 aliphatic carbocycles. The van der Waals surface area contributed by atoms with Gasteiger partial charge in [-0.05, 0) is 33.3 Å². The summed E-state index contributed by atoms with van der Waals surface area (Å²) in [5.41, 5.74) is 2.99. The van der Waals surface area contributed by atoms with E-state index in [1.54, 1.807) is 31.4 Å². The number of aryl methyl sites for hydroxylation is 1. The van der Waals surface area contributed by atoms with Crippen molar-refractivity contribution in [3.8, 4) is 0 Å². The molecular weight excluding hydrogens is 326 g/mol. The number of nitrogens with zero attached hydrogens (tertiary/aromatic N) is 2. The van der Waals surface area contributed by atoms with Crippen molar-refractivity contribution in [2.45, 2.75) is 34.2 Å². The molecule has 2 aromatic rings. The van der Waals surface area contributed by atoms with Gasteiger partial charge in [-0.25, -0.2) is 9.78 Å². The summed E-state index contributed by atoms with van der Waals surface area (Å²) in [7, 11) is 0. The number of ether oxygens (including phenoxy) is 1. The fraction of sp³-hybridized carbons (Fsp3) is 0.353. The zero-order valence-electron chi connectivity index (χ0n) is 14.3. The van der Waals surface area contributed by atoms with Gasteiger partial charge in [-0.2, -0.15) is 0 Å². The second kappa shape index (κ2) is 7.44. The maximum Gasteiger partial charge on any atom is 0.355 e. The minimum Gasteiger partial charge on any atom is -0.461 e. The lowest BCUT2D eigenvalue weighted by Gasteiger charge is -2.08. The van der Waals surface area contributed by atoms with Crippen LogP contribution in [-0.2, 0) is 11.3 Å². The monoisotopic (exact) mass is 347 g/mol. The first-order valence-electron chi connectivity index (χ1n) is 7.61. The first-order valence-corrected chi connectivity index (χ1v) is 8.49. The first-order chi connectivity index (χ1) is 11.4. The van der Waals surface area contributed by atoms with Gasteiger partial charge in [0, 0.05) is 17.6 Å². The highest BCUT2D eigenvalue weighted by molar-refractivity contribution is 7.13. The van der Waals surface area contributed by atoms with E-state index >= 15 is 0 Å². The van der Waals surface area contributed by atoms with Crippen molar-refractivity contribution in [1.29, 1.82) is 0 Å². The molecule has 0 saturated heterocycles. The van der Waals surface area contributed by atoms with E-state index < -0.39 is 5.97 Å². The highest BCUT2D eigenvalue weighted by Gasteiger charge is 2.27. The Morgan fingerprint density at radius 3 is 2.67 bits per heavy atom. The second-order valence-electron chi connectivity index (χ2n) is 5.30. The fourth-order valence-corrected chi connectivity index (χ4v) is 3.30. The number of carbonyl (C=O) groups excluding carboxylic acids is 2. The molecule has 0 aliphatic heterocycles. The number of hydrogen-bond donors (Lipinski definition) is 1. The van der Waals surface area contributed by atoms with Gasteiger partial charge in [0.25, 0.3) is 5.91 Å². The Kier molecular flexibility index (Phi) is 5.56. The number of thiazole rings is 1. The quantitative estimate of drug-likeness (QED) is 0.641. The number of allylic oxidation sites excluding steroid dienone is 1. The van der Waals surface area contributed by atoms with Crippen LogP contribution in [-0.4, -0.2) is 28.0 Å². The molecule has 2 heterocycles. The summed E-state index contributed by atoms with van der Waals surface area (Å²) < 4.78 is 6.88. The number of anilines is 1. The Balaban J connectivity index is 2.45. The van der Waals surface area contributed by atoms with Gasteiger partial charge in [0.2, 0.25) is 0 Å². The minimum absolute atomic E-state index is 0.274. The number of hydrogen-bond acceptors (Lipinski definition) is 5. The molecule has 0 radical (unpaired) electrons. The molecular formula is C17H21N3O3S. The molecule has 1 amide bonds. The van der Waals surface area contributed by atoms with Crippen LogP contribution in [0.5, 0.6) is 0 Å². The van der Waals surface area contributed by atoms with E-state index in [0.717, 1.165) is 5.69 Å². The number of amides is 1. The summed E-state index contributed by atoms with van der Waals surface area (Å²) in [5.74, 6) is -0.725. The minimum atomic E-state index is -0.441. The molecule has 0 aliphatic rings. The maximum absolute atomic E-state index is 12.7. The third-order valence-electron chi connectivity index (χ3n) is 3.61. The van der Waals surface area contributed by atoms with Gasteiger partial charge >= 0.3 is 5.97 Å². The van der Waals surface area contributed by atoms with E-state index in [2.05, 4.69) is 16.9 Å². The molecule has 0 aromatic carbocycles. The number of aromatic nitrogens is 2. The van der Waals surface area contributed by atoms with E-state index in [-0.39, 0.29) is 12.5 Å². The summed E-state index contributed by atoms with van der Waals surface area (Å²) in [5, 5.41) is 5.19. The summed E-state index contributed by atoms with van der Waals surface area (Å²) in [6.45, 7) is 11.6. The number of rotatable bonds is 6. The van der Waals surface area contributed by atoms with Crippen LogP contribution in [0.15, 0.2) is 18.0 Å². The van der Waals surface area contributed by atoms with Gasteiger partial charge in [-0.15, -0.1) is 17.9 Å². The molecule has 6 nitrogen and oxygen atoms in total. The molecule has 1 N–H and O–H groups in total. The Bertz CT molecular complexity index is 789. The van der Waals surface area contributed by atoms with Gasteiger partial charge in [-0.3, -0.25) is 10.1 Å². The average Bonchev–Trinajstić information content (AvgIpc) is 3.01. The van der Waals surface area contributed by atoms with Gasteiger partial charge in [0.05, 0.1) is 17.9 Å². The predicted molar refractivity (Wildman–Crippen MR) is 94.9 cm³/mol. The molecule has 0 fully saturated rings. The van der Waals surface area contributed by atoms with Crippen molar-refractivity contribution in [2.24, 2.45) is 0 Å². The van der Waals surface area contributed by atoms with Crippen LogP contribution < -0.4 is 5.32 Å². The fourth-order valence-electron chi connectivity index (χ4n) is 2.62. The van der Waals surface area contributed by atoms with E-state index in [9.17, 15) is 9.59 Å². The lowest BCUT2D eigenvalue weighted by Crippen LogP contribution is -2.14. The van der Waals surface area contributed by atoms with Crippen LogP contribution in [0.4, 0.5) is 5.13 Å². The number of carbonyl (C=O) groups is 2. The lowest BCUT2D eigenvalue weighted by atomic mass is 10.1. The second-order valence-corrected chi connectivity index (χ2v) is 6.16. The molecule has 2 rings (SSSR count). The molecule has 24 heavy (non-hydrogen) atoms. The Morgan fingerprint density at radius 1 is 1.42 bits per heavy atom. The third kappa shape index (κ3) is 3.41. The van der Waals surface area contributed by atoms with Crippen LogP contribution in [0.1, 0.15) is 44.7 Å². The summed E-state index contributed by atoms with van der Waals surface area (Å²) in [4.78, 5) is 29.2. The molecule has 0 bridgehead atoms. The Labute approximate surface area is 145 Å². The van der Waals surface area contributed by atoms with Crippen molar-refractivity contribution in [3.05, 3.63) is 46.2 Å². The van der Waals surface area contributed by atoms with E-state index in [4.69, 9.17) is 4.74 Å². The molecule has 128 valence electrons. The summed E-state index contributed by atoms with van der Waals surface area (Å²) in [6.07, 6.45) is 1.68. The van der Waals surface area contributed by atoms with Gasteiger partial charge in [0.1, 0.15) is 5.69 Å². The maximum atomic E-state index is 12.7. The van der Waals surface area contributed by atoms with Crippen molar-refractivity contribution >= 4 is 28.3 Å². The van der Waals surface area contributed by atoms with Crippen molar-refractivity contribution in [1.82, 2.24) is 9.55 Å². The molecule has 0 spiro atoms. The predicted octanol–water partition coefficient (Wildman–Crippen LogP) is 3.48. The van der Waals surface area contributed by atoms with Crippen LogP contribution >= 0.6 is 11.3 Å². The van der Waals surface area contributed by atoms with Crippen LogP contribution in [0.25, 0.3) is 0 Å². The highest BCUT2D eigenvalue weighted by atomic mass is 32.1. The standard InChI is InChI=1S/C17H21N3O3S/c1-6-8-20-12(5)13(11(4)14(20)16(22)23-7-2)15(21)19-17-18-10(3)9-24-17/h6,9H,1,7-8H2,2-5H3,(H,18,19,21). The molecule has 0 unspecified atom stereocenters. The van der Waals surface area contributed by atoms with Crippen molar-refractivity contribution in [2.75, 3.05) is 11.9 Å². The smallest absolute Gasteiger partial charge is 0.355 e. The molecule has 0 saturated carbocycles. The molecule has 2 aromatic heterocycles. The highest BCUT2D eigenvalue weighted by Crippen LogP contribution is 2.25. The summed E-state index contributed by atoms with van der Waals surface area (Å²) >= 11 is 1.36. The molecule has 0 atom stereocenters. The Hall–Kier alpha value is -2.41. The van der Waals surface area contributed by atoms with Crippen molar-refractivity contribution < 1.29 is 14.3 Å². The average molecular weight is 347 g/mol. The van der Waals surface area contributed by atoms with Crippen LogP contribution in [0.2, 0.25) is 0 Å². The third-order valence-corrected chi connectivity index (χ3v) is 4.49. The molecule has 7 heteroatoms. The van der Waals surface area contributed by atoms with Crippen molar-refractivity contribution in [3.63, 3.8) is 0 Å². The number of esters is 1. The van der Waals surface area contributed by atoms with E-state index in [1.165, 1.54) is 11.3 Å². The summed E-state index contributed by atoms with van der Waals surface area (Å²) in [6, 6.07) is 0. The number of nitrogens with one attached hydrogen (secondary N) is 1. The zero-order valence-corrected chi connectivity index (χ0v) is 15.1. The first kappa shape index (κ1) is 17.9. The van der Waals surface area contributed by atoms with E-state index in [1.807, 2.05) is 12.3 Å². The van der Waals surface area contributed by atoms with Gasteiger partial charge in [0.15, 0.2) is 5.13 Å². The van der Waals surface area contributed by atoms with Crippen LogP contribution in [0, 0.1) is 20.8 Å². The lowest BCUT2D eigenvalue weighted by molar-refractivity contribution is 0.0513. The topological polar surface area (TPSA) is 73.2 Å². The van der Waals surface area contributed by atoms with Gasteiger partial charge < -0.3 is 9.30 Å². The van der Waals surface area contributed by atoms with E-state index in [0.29, 0.717) is 34.2 Å². The Morgan fingerprint density at radius 2 is 2.12 bits per heavy atom. The van der Waals surface area contributed by atoms with Crippen LogP contribution in [0.3, 0.4) is 0 Å². The van der Waals surface area contributed by atoms with Gasteiger partial charge in [-0.1, -0.05) is 6.08 Å². The SMILES string of the molecule is C=CCn1c(C)c(C(=O)Nc2nc(C)cs2)c(C)c1C(=O)OCC. The zero-order chi connectivity index (χ0) is 17.9. The normalized spacial score (nSPS) is 10.5.